The maximum absolute atomic E-state index is 13.3. The van der Waals surface area contributed by atoms with Gasteiger partial charge in [0, 0.05) is 12.5 Å². The highest BCUT2D eigenvalue weighted by Crippen LogP contribution is 2.27. The third kappa shape index (κ3) is 2.32. The number of carboxylic acids is 1. The van der Waals surface area contributed by atoms with Gasteiger partial charge >= 0.3 is 5.97 Å². The third-order valence-corrected chi connectivity index (χ3v) is 3.60. The minimum Gasteiger partial charge on any atom is -0.481 e. The zero-order chi connectivity index (χ0) is 14.2. The maximum atomic E-state index is 13.3. The molecule has 1 heterocycles. The Morgan fingerprint density at radius 3 is 2.74 bits per heavy atom. The maximum Gasteiger partial charge on any atom is 0.306 e. The first-order valence-corrected chi connectivity index (χ1v) is 6.34. The summed E-state index contributed by atoms with van der Waals surface area (Å²) in [5, 5.41) is 9.10. The second-order valence-electron chi connectivity index (χ2n) is 4.76. The Kier molecular flexibility index (Phi) is 3.55. The molecule has 2 unspecified atom stereocenters. The summed E-state index contributed by atoms with van der Waals surface area (Å²) in [5.41, 5.74) is 1.41. The van der Waals surface area contributed by atoms with Crippen LogP contribution in [-0.4, -0.2) is 20.6 Å². The second-order valence-corrected chi connectivity index (χ2v) is 4.76. The van der Waals surface area contributed by atoms with Crippen molar-refractivity contribution in [3.63, 3.8) is 0 Å². The molecule has 0 radical (unpaired) electrons. The van der Waals surface area contributed by atoms with Crippen LogP contribution in [0.3, 0.4) is 0 Å². The van der Waals surface area contributed by atoms with Gasteiger partial charge < -0.3 is 9.67 Å². The average Bonchev–Trinajstić information content (AvgIpc) is 2.74. The van der Waals surface area contributed by atoms with Gasteiger partial charge in [-0.3, -0.25) is 4.79 Å². The van der Waals surface area contributed by atoms with Gasteiger partial charge in [0.15, 0.2) is 0 Å². The van der Waals surface area contributed by atoms with E-state index in [0.717, 1.165) is 0 Å². The molecule has 2 rings (SSSR count). The summed E-state index contributed by atoms with van der Waals surface area (Å²) in [4.78, 5) is 15.5. The van der Waals surface area contributed by atoms with E-state index in [9.17, 15) is 9.18 Å². The van der Waals surface area contributed by atoms with Crippen LogP contribution in [0.2, 0.25) is 0 Å². The lowest BCUT2D eigenvalue weighted by molar-refractivity contribution is -0.141. The summed E-state index contributed by atoms with van der Waals surface area (Å²) in [6, 6.07) is 4.43. The fourth-order valence-electron chi connectivity index (χ4n) is 2.23. The fourth-order valence-corrected chi connectivity index (χ4v) is 2.23. The van der Waals surface area contributed by atoms with Gasteiger partial charge in [0.25, 0.3) is 0 Å². The Morgan fingerprint density at radius 2 is 2.16 bits per heavy atom. The smallest absolute Gasteiger partial charge is 0.306 e. The molecule has 102 valence electrons. The number of nitrogens with zero attached hydrogens (tertiary/aromatic N) is 2. The molecule has 1 N–H and O–H groups in total. The van der Waals surface area contributed by atoms with Gasteiger partial charge in [-0.05, 0) is 25.1 Å². The molecule has 5 heteroatoms. The van der Waals surface area contributed by atoms with Crippen molar-refractivity contribution in [3.8, 4) is 0 Å². The van der Waals surface area contributed by atoms with Gasteiger partial charge in [-0.25, -0.2) is 9.37 Å². The molecule has 0 spiro atoms. The Hall–Kier alpha value is -1.91. The van der Waals surface area contributed by atoms with Crippen molar-refractivity contribution in [3.05, 3.63) is 29.8 Å². The number of aromatic nitrogens is 2. The first-order valence-electron chi connectivity index (χ1n) is 6.34. The molecule has 0 saturated heterocycles. The fraction of sp³-hybridized carbons (Fsp3) is 0.429. The highest BCUT2D eigenvalue weighted by Gasteiger charge is 2.25. The number of halogens is 1. The lowest BCUT2D eigenvalue weighted by Crippen LogP contribution is -2.20. The summed E-state index contributed by atoms with van der Waals surface area (Å²) in [5.74, 6) is -1.24. The summed E-state index contributed by atoms with van der Waals surface area (Å²) < 4.78 is 15.2. The number of carbonyl (C=O) groups is 1. The Labute approximate surface area is 110 Å². The van der Waals surface area contributed by atoms with E-state index in [0.29, 0.717) is 23.4 Å². The number of aliphatic carboxylic acids is 1. The van der Waals surface area contributed by atoms with Crippen LogP contribution in [0.4, 0.5) is 4.39 Å². The van der Waals surface area contributed by atoms with E-state index in [1.807, 2.05) is 18.4 Å². The molecule has 0 aliphatic heterocycles. The first kappa shape index (κ1) is 13.5. The molecule has 0 amide bonds. The van der Waals surface area contributed by atoms with Gasteiger partial charge in [0.1, 0.15) is 11.6 Å². The van der Waals surface area contributed by atoms with Crippen molar-refractivity contribution in [2.75, 3.05) is 0 Å². The van der Waals surface area contributed by atoms with Crippen LogP contribution in [0.15, 0.2) is 18.2 Å². The van der Waals surface area contributed by atoms with Crippen molar-refractivity contribution in [2.24, 2.45) is 5.92 Å². The molecule has 2 atom stereocenters. The van der Waals surface area contributed by atoms with Crippen molar-refractivity contribution in [1.29, 1.82) is 0 Å². The van der Waals surface area contributed by atoms with Crippen LogP contribution in [0.25, 0.3) is 11.0 Å². The normalized spacial score (nSPS) is 14.5. The number of hydrogen-bond acceptors (Lipinski definition) is 2. The van der Waals surface area contributed by atoms with E-state index in [2.05, 4.69) is 4.98 Å². The number of rotatable bonds is 4. The molecule has 4 nitrogen and oxygen atoms in total. The lowest BCUT2D eigenvalue weighted by atomic mass is 9.95. The summed E-state index contributed by atoms with van der Waals surface area (Å²) >= 11 is 0. The van der Waals surface area contributed by atoms with Gasteiger partial charge in [-0.2, -0.15) is 0 Å². The minimum atomic E-state index is -0.853. The number of hydrogen-bond donors (Lipinski definition) is 1. The molecule has 0 fully saturated rings. The molecular formula is C14H17FN2O2. The van der Waals surface area contributed by atoms with Crippen LogP contribution in [0, 0.1) is 11.7 Å². The first-order chi connectivity index (χ1) is 8.95. The van der Waals surface area contributed by atoms with E-state index >= 15 is 0 Å². The molecule has 0 saturated carbocycles. The largest absolute Gasteiger partial charge is 0.481 e. The predicted molar refractivity (Wildman–Crippen MR) is 70.6 cm³/mol. The number of carboxylic acid groups (broad SMARTS) is 1. The Bertz CT molecular complexity index is 621. The molecule has 1 aromatic heterocycles. The molecule has 0 aliphatic rings. The summed E-state index contributed by atoms with van der Waals surface area (Å²) in [6.07, 6.45) is 0. The van der Waals surface area contributed by atoms with E-state index < -0.39 is 11.9 Å². The van der Waals surface area contributed by atoms with E-state index in [1.54, 1.807) is 13.0 Å². The summed E-state index contributed by atoms with van der Waals surface area (Å²) in [6.45, 7) is 6.06. The molecule has 1 aromatic carbocycles. The Morgan fingerprint density at radius 1 is 1.47 bits per heavy atom. The van der Waals surface area contributed by atoms with Crippen LogP contribution >= 0.6 is 0 Å². The number of imidazole rings is 1. The summed E-state index contributed by atoms with van der Waals surface area (Å²) in [7, 11) is 0. The molecule has 19 heavy (non-hydrogen) atoms. The standard InChI is InChI=1S/C14H17FN2O2/c1-4-17-12-7-10(15)5-6-11(12)16-13(17)8(2)9(3)14(18)19/h5-9H,4H2,1-3H3,(H,18,19). The third-order valence-electron chi connectivity index (χ3n) is 3.60. The molecule has 0 aliphatic carbocycles. The zero-order valence-corrected chi connectivity index (χ0v) is 11.2. The van der Waals surface area contributed by atoms with E-state index in [-0.39, 0.29) is 11.7 Å². The van der Waals surface area contributed by atoms with Crippen molar-refractivity contribution in [1.82, 2.24) is 9.55 Å². The van der Waals surface area contributed by atoms with Crippen molar-refractivity contribution < 1.29 is 14.3 Å². The monoisotopic (exact) mass is 264 g/mol. The van der Waals surface area contributed by atoms with Crippen LogP contribution < -0.4 is 0 Å². The zero-order valence-electron chi connectivity index (χ0n) is 11.2. The average molecular weight is 264 g/mol. The number of aryl methyl sites for hydroxylation is 1. The highest BCUT2D eigenvalue weighted by molar-refractivity contribution is 5.77. The minimum absolute atomic E-state index is 0.229. The lowest BCUT2D eigenvalue weighted by Gasteiger charge is -2.16. The van der Waals surface area contributed by atoms with Gasteiger partial charge in [-0.1, -0.05) is 13.8 Å². The highest BCUT2D eigenvalue weighted by atomic mass is 19.1. The van der Waals surface area contributed by atoms with Crippen molar-refractivity contribution in [2.45, 2.75) is 33.2 Å². The van der Waals surface area contributed by atoms with Crippen LogP contribution in [-0.2, 0) is 11.3 Å². The van der Waals surface area contributed by atoms with Crippen molar-refractivity contribution >= 4 is 17.0 Å². The topological polar surface area (TPSA) is 55.1 Å². The van der Waals surface area contributed by atoms with Gasteiger partial charge in [0.05, 0.1) is 17.0 Å². The van der Waals surface area contributed by atoms with E-state index in [1.165, 1.54) is 12.1 Å². The van der Waals surface area contributed by atoms with Crippen LogP contribution in [0.1, 0.15) is 32.5 Å². The SMILES string of the molecule is CCn1c(C(C)C(C)C(=O)O)nc2ccc(F)cc21. The number of fused-ring (bicyclic) bond motifs is 1. The number of benzene rings is 1. The second kappa shape index (κ2) is 4.99. The molecule has 2 aromatic rings. The van der Waals surface area contributed by atoms with Crippen LogP contribution in [0.5, 0.6) is 0 Å². The van der Waals surface area contributed by atoms with Gasteiger partial charge in [0.2, 0.25) is 0 Å². The van der Waals surface area contributed by atoms with Gasteiger partial charge in [-0.15, -0.1) is 0 Å². The Balaban J connectivity index is 2.57. The molecule has 0 bridgehead atoms. The van der Waals surface area contributed by atoms with E-state index in [4.69, 9.17) is 5.11 Å². The predicted octanol–water partition coefficient (Wildman–Crippen LogP) is 3.02. The molecular weight excluding hydrogens is 247 g/mol. The quantitative estimate of drug-likeness (QED) is 0.923.